The standard InChI is InChI=1S/C14H24O4/c1-2-3-7-11(13(17)18)14(10-12(15)16)8-5-4-6-9-14/h11H,2-10H2,1H3,(H,15,16)(H,17,18). The quantitative estimate of drug-likeness (QED) is 0.732. The molecule has 104 valence electrons. The molecule has 1 aliphatic carbocycles. The van der Waals surface area contributed by atoms with Gasteiger partial charge in [-0.25, -0.2) is 0 Å². The number of carbonyl (C=O) groups is 2. The highest BCUT2D eigenvalue weighted by atomic mass is 16.4. The van der Waals surface area contributed by atoms with Crippen LogP contribution in [0.5, 0.6) is 0 Å². The van der Waals surface area contributed by atoms with Crippen LogP contribution in [0.3, 0.4) is 0 Å². The van der Waals surface area contributed by atoms with Crippen molar-refractivity contribution >= 4 is 11.9 Å². The lowest BCUT2D eigenvalue weighted by Crippen LogP contribution is -2.39. The van der Waals surface area contributed by atoms with Gasteiger partial charge in [-0.1, -0.05) is 39.0 Å². The maximum atomic E-state index is 11.5. The lowest BCUT2D eigenvalue weighted by molar-refractivity contribution is -0.152. The topological polar surface area (TPSA) is 74.6 Å². The summed E-state index contributed by atoms with van der Waals surface area (Å²) < 4.78 is 0. The van der Waals surface area contributed by atoms with Gasteiger partial charge >= 0.3 is 11.9 Å². The second kappa shape index (κ2) is 6.76. The highest BCUT2D eigenvalue weighted by Crippen LogP contribution is 2.47. The van der Waals surface area contributed by atoms with E-state index in [1.54, 1.807) is 0 Å². The highest BCUT2D eigenvalue weighted by molar-refractivity contribution is 5.74. The van der Waals surface area contributed by atoms with E-state index in [2.05, 4.69) is 0 Å². The Morgan fingerprint density at radius 3 is 2.22 bits per heavy atom. The lowest BCUT2D eigenvalue weighted by Gasteiger charge is -2.41. The molecule has 1 atom stereocenters. The first-order chi connectivity index (χ1) is 8.52. The third kappa shape index (κ3) is 3.72. The molecule has 1 rings (SSSR count). The zero-order valence-electron chi connectivity index (χ0n) is 11.2. The summed E-state index contributed by atoms with van der Waals surface area (Å²) in [5, 5.41) is 18.5. The van der Waals surface area contributed by atoms with Crippen molar-refractivity contribution in [3.63, 3.8) is 0 Å². The Labute approximate surface area is 108 Å². The zero-order chi connectivity index (χ0) is 13.6. The summed E-state index contributed by atoms with van der Waals surface area (Å²) in [6, 6.07) is 0. The number of aliphatic carboxylic acids is 2. The van der Waals surface area contributed by atoms with E-state index in [1.165, 1.54) is 0 Å². The average Bonchev–Trinajstić information content (AvgIpc) is 2.29. The molecule has 18 heavy (non-hydrogen) atoms. The number of carboxylic acids is 2. The van der Waals surface area contributed by atoms with Crippen molar-refractivity contribution in [3.8, 4) is 0 Å². The molecule has 1 fully saturated rings. The van der Waals surface area contributed by atoms with Gasteiger partial charge in [0, 0.05) is 0 Å². The fourth-order valence-electron chi connectivity index (χ4n) is 3.31. The fourth-order valence-corrected chi connectivity index (χ4v) is 3.31. The van der Waals surface area contributed by atoms with Crippen molar-refractivity contribution in [2.24, 2.45) is 11.3 Å². The van der Waals surface area contributed by atoms with Crippen molar-refractivity contribution < 1.29 is 19.8 Å². The molecule has 2 N–H and O–H groups in total. The van der Waals surface area contributed by atoms with Crippen molar-refractivity contribution in [2.75, 3.05) is 0 Å². The molecule has 4 heteroatoms. The van der Waals surface area contributed by atoms with Crippen molar-refractivity contribution in [3.05, 3.63) is 0 Å². The number of rotatable bonds is 7. The van der Waals surface area contributed by atoms with Gasteiger partial charge in [-0.3, -0.25) is 9.59 Å². The summed E-state index contributed by atoms with van der Waals surface area (Å²) in [5.41, 5.74) is -0.509. The molecule has 0 aromatic heterocycles. The van der Waals surface area contributed by atoms with Crippen LogP contribution in [-0.4, -0.2) is 22.2 Å². The molecule has 1 aliphatic rings. The Hall–Kier alpha value is -1.06. The maximum absolute atomic E-state index is 11.5. The normalized spacial score (nSPS) is 20.3. The predicted octanol–water partition coefficient (Wildman–Crippen LogP) is 3.30. The number of unbranched alkanes of at least 4 members (excludes halogenated alkanes) is 1. The molecule has 4 nitrogen and oxygen atoms in total. The van der Waals surface area contributed by atoms with Crippen molar-refractivity contribution in [1.29, 1.82) is 0 Å². The molecule has 0 amide bonds. The maximum Gasteiger partial charge on any atom is 0.307 e. The molecule has 0 saturated heterocycles. The summed E-state index contributed by atoms with van der Waals surface area (Å²) in [5.74, 6) is -2.17. The predicted molar refractivity (Wildman–Crippen MR) is 68.4 cm³/mol. The summed E-state index contributed by atoms with van der Waals surface area (Å²) in [4.78, 5) is 22.6. The van der Waals surface area contributed by atoms with Crippen LogP contribution in [0.2, 0.25) is 0 Å². The van der Waals surface area contributed by atoms with Gasteiger partial charge in [-0.2, -0.15) is 0 Å². The van der Waals surface area contributed by atoms with Crippen LogP contribution >= 0.6 is 0 Å². The average molecular weight is 256 g/mol. The van der Waals surface area contributed by atoms with Gasteiger partial charge in [0.25, 0.3) is 0 Å². The minimum absolute atomic E-state index is 0.00762. The molecule has 0 aliphatic heterocycles. The van der Waals surface area contributed by atoms with Gasteiger partial charge in [0.05, 0.1) is 12.3 Å². The highest BCUT2D eigenvalue weighted by Gasteiger charge is 2.44. The number of hydrogen-bond acceptors (Lipinski definition) is 2. The Balaban J connectivity index is 2.89. The van der Waals surface area contributed by atoms with Crippen LogP contribution < -0.4 is 0 Å². The molecule has 0 radical (unpaired) electrons. The van der Waals surface area contributed by atoms with E-state index in [1.807, 2.05) is 6.92 Å². The SMILES string of the molecule is CCCCC(C(=O)O)C1(CC(=O)O)CCCCC1. The first-order valence-electron chi connectivity index (χ1n) is 6.96. The second-order valence-corrected chi connectivity index (χ2v) is 5.53. The molecular formula is C14H24O4. The van der Waals surface area contributed by atoms with E-state index in [-0.39, 0.29) is 6.42 Å². The molecule has 0 aromatic carbocycles. The van der Waals surface area contributed by atoms with E-state index < -0.39 is 23.3 Å². The van der Waals surface area contributed by atoms with Gasteiger partial charge in [0.1, 0.15) is 0 Å². The molecule has 0 aromatic rings. The molecule has 0 heterocycles. The third-order valence-corrected chi connectivity index (χ3v) is 4.24. The van der Waals surface area contributed by atoms with Crippen LogP contribution in [0.1, 0.15) is 64.7 Å². The minimum atomic E-state index is -0.861. The monoisotopic (exact) mass is 256 g/mol. The number of carboxylic acid groups (broad SMARTS) is 2. The van der Waals surface area contributed by atoms with E-state index >= 15 is 0 Å². The Morgan fingerprint density at radius 2 is 1.78 bits per heavy atom. The molecule has 0 spiro atoms. The van der Waals surface area contributed by atoms with E-state index in [9.17, 15) is 14.7 Å². The summed E-state index contributed by atoms with van der Waals surface area (Å²) in [6.07, 6.45) is 6.95. The van der Waals surface area contributed by atoms with Gasteiger partial charge < -0.3 is 10.2 Å². The van der Waals surface area contributed by atoms with E-state index in [4.69, 9.17) is 5.11 Å². The van der Waals surface area contributed by atoms with Crippen LogP contribution in [-0.2, 0) is 9.59 Å². The van der Waals surface area contributed by atoms with Gasteiger partial charge in [-0.05, 0) is 24.7 Å². The molecular weight excluding hydrogens is 232 g/mol. The van der Waals surface area contributed by atoms with Gasteiger partial charge in [-0.15, -0.1) is 0 Å². The zero-order valence-corrected chi connectivity index (χ0v) is 11.2. The second-order valence-electron chi connectivity index (χ2n) is 5.53. The smallest absolute Gasteiger partial charge is 0.307 e. The van der Waals surface area contributed by atoms with E-state index in [0.29, 0.717) is 6.42 Å². The summed E-state index contributed by atoms with van der Waals surface area (Å²) in [7, 11) is 0. The van der Waals surface area contributed by atoms with Crippen LogP contribution in [0.4, 0.5) is 0 Å². The van der Waals surface area contributed by atoms with Crippen LogP contribution in [0, 0.1) is 11.3 Å². The first kappa shape index (κ1) is 15.0. The summed E-state index contributed by atoms with van der Waals surface area (Å²) >= 11 is 0. The molecule has 1 unspecified atom stereocenters. The minimum Gasteiger partial charge on any atom is -0.481 e. The largest absolute Gasteiger partial charge is 0.481 e. The molecule has 1 saturated carbocycles. The lowest BCUT2D eigenvalue weighted by atomic mass is 9.62. The fraction of sp³-hybridized carbons (Fsp3) is 0.857. The van der Waals surface area contributed by atoms with Crippen LogP contribution in [0.25, 0.3) is 0 Å². The Morgan fingerprint density at radius 1 is 1.17 bits per heavy atom. The van der Waals surface area contributed by atoms with E-state index in [0.717, 1.165) is 44.9 Å². The third-order valence-electron chi connectivity index (χ3n) is 4.24. The Kier molecular flexibility index (Phi) is 5.63. The van der Waals surface area contributed by atoms with Crippen LogP contribution in [0.15, 0.2) is 0 Å². The van der Waals surface area contributed by atoms with Crippen molar-refractivity contribution in [2.45, 2.75) is 64.7 Å². The number of hydrogen-bond donors (Lipinski definition) is 2. The Bertz CT molecular complexity index is 292. The molecule has 0 bridgehead atoms. The first-order valence-corrected chi connectivity index (χ1v) is 6.96. The van der Waals surface area contributed by atoms with Gasteiger partial charge in [0.2, 0.25) is 0 Å². The van der Waals surface area contributed by atoms with Crippen molar-refractivity contribution in [1.82, 2.24) is 0 Å². The van der Waals surface area contributed by atoms with Gasteiger partial charge in [0.15, 0.2) is 0 Å². The summed E-state index contributed by atoms with van der Waals surface area (Å²) in [6.45, 7) is 2.03.